The van der Waals surface area contributed by atoms with E-state index >= 15 is 0 Å². The van der Waals surface area contributed by atoms with Gasteiger partial charge in [-0.25, -0.2) is 4.79 Å². The van der Waals surface area contributed by atoms with Gasteiger partial charge in [0.1, 0.15) is 0 Å². The van der Waals surface area contributed by atoms with E-state index in [4.69, 9.17) is 0 Å². The van der Waals surface area contributed by atoms with E-state index in [0.717, 1.165) is 24.4 Å². The molecule has 1 aliphatic rings. The average Bonchev–Trinajstić information content (AvgIpc) is 3.05. The number of amides is 2. The third-order valence-corrected chi connectivity index (χ3v) is 3.90. The molecule has 0 aromatic carbocycles. The van der Waals surface area contributed by atoms with Crippen LogP contribution in [0.4, 0.5) is 16.3 Å². The lowest BCUT2D eigenvalue weighted by Gasteiger charge is -2.24. The monoisotopic (exact) mass is 312 g/mol. The molecule has 0 aliphatic carbocycles. The van der Waals surface area contributed by atoms with Crippen molar-refractivity contribution in [2.75, 3.05) is 30.9 Å². The molecule has 23 heavy (non-hydrogen) atoms. The standard InChI is InChI=1S/C16H20N6O/c1-21(2)15-8-7-13(19-20-15)14-6-4-10-22(14)16(23)18-12-5-3-9-17-11-12/h3,5,7-9,11,14H,4,6,10H2,1-2H3,(H,18,23). The molecular weight excluding hydrogens is 292 g/mol. The van der Waals surface area contributed by atoms with E-state index in [1.807, 2.05) is 42.1 Å². The summed E-state index contributed by atoms with van der Waals surface area (Å²) in [5.41, 5.74) is 1.52. The summed E-state index contributed by atoms with van der Waals surface area (Å²) in [5, 5.41) is 11.4. The van der Waals surface area contributed by atoms with Gasteiger partial charge >= 0.3 is 6.03 Å². The van der Waals surface area contributed by atoms with Gasteiger partial charge in [0, 0.05) is 26.8 Å². The van der Waals surface area contributed by atoms with Gasteiger partial charge in [-0.3, -0.25) is 4.98 Å². The molecular formula is C16H20N6O. The topological polar surface area (TPSA) is 74.2 Å². The first-order valence-electron chi connectivity index (χ1n) is 7.64. The Morgan fingerprint density at radius 1 is 1.30 bits per heavy atom. The largest absolute Gasteiger partial charge is 0.361 e. The molecule has 2 aromatic rings. The highest BCUT2D eigenvalue weighted by molar-refractivity contribution is 5.89. The molecule has 1 fully saturated rings. The van der Waals surface area contributed by atoms with Crippen molar-refractivity contribution in [3.8, 4) is 0 Å². The first-order valence-corrected chi connectivity index (χ1v) is 7.64. The minimum Gasteiger partial charge on any atom is -0.361 e. The molecule has 1 unspecified atom stereocenters. The molecule has 7 nitrogen and oxygen atoms in total. The number of pyridine rings is 1. The number of hydrogen-bond donors (Lipinski definition) is 1. The van der Waals surface area contributed by atoms with Crippen molar-refractivity contribution in [2.24, 2.45) is 0 Å². The highest BCUT2D eigenvalue weighted by atomic mass is 16.2. The van der Waals surface area contributed by atoms with E-state index in [1.165, 1.54) is 0 Å². The average molecular weight is 312 g/mol. The zero-order valence-electron chi connectivity index (χ0n) is 13.3. The van der Waals surface area contributed by atoms with Gasteiger partial charge in [-0.2, -0.15) is 5.10 Å². The molecule has 0 bridgehead atoms. The molecule has 1 aliphatic heterocycles. The number of aromatic nitrogens is 3. The Kier molecular flexibility index (Phi) is 4.36. The lowest BCUT2D eigenvalue weighted by atomic mass is 10.1. The molecule has 0 spiro atoms. The second kappa shape index (κ2) is 6.60. The Morgan fingerprint density at radius 3 is 2.83 bits per heavy atom. The summed E-state index contributed by atoms with van der Waals surface area (Å²) in [6.07, 6.45) is 5.17. The minimum absolute atomic E-state index is 0.0321. The van der Waals surface area contributed by atoms with Gasteiger partial charge in [0.25, 0.3) is 0 Å². The zero-order chi connectivity index (χ0) is 16.2. The van der Waals surface area contributed by atoms with Crippen LogP contribution in [-0.2, 0) is 0 Å². The number of hydrogen-bond acceptors (Lipinski definition) is 5. The van der Waals surface area contributed by atoms with Gasteiger partial charge in [-0.15, -0.1) is 5.10 Å². The Hall–Kier alpha value is -2.70. The van der Waals surface area contributed by atoms with Gasteiger partial charge in [0.15, 0.2) is 5.82 Å². The number of rotatable bonds is 3. The van der Waals surface area contributed by atoms with Crippen LogP contribution < -0.4 is 10.2 Å². The smallest absolute Gasteiger partial charge is 0.322 e. The predicted molar refractivity (Wildman–Crippen MR) is 88.3 cm³/mol. The Balaban J connectivity index is 1.73. The molecule has 0 radical (unpaired) electrons. The van der Waals surface area contributed by atoms with Crippen molar-refractivity contribution >= 4 is 17.5 Å². The van der Waals surface area contributed by atoms with Crippen LogP contribution in [0.3, 0.4) is 0 Å². The second-order valence-corrected chi connectivity index (χ2v) is 5.73. The third kappa shape index (κ3) is 3.39. The van der Waals surface area contributed by atoms with E-state index in [-0.39, 0.29) is 12.1 Å². The number of likely N-dealkylation sites (tertiary alicyclic amines) is 1. The third-order valence-electron chi connectivity index (χ3n) is 3.90. The number of nitrogens with zero attached hydrogens (tertiary/aromatic N) is 5. The fraction of sp³-hybridized carbons (Fsp3) is 0.375. The first-order chi connectivity index (χ1) is 11.1. The van der Waals surface area contributed by atoms with Gasteiger partial charge in [0.05, 0.1) is 23.6 Å². The molecule has 1 saturated heterocycles. The van der Waals surface area contributed by atoms with Crippen molar-refractivity contribution in [2.45, 2.75) is 18.9 Å². The van der Waals surface area contributed by atoms with E-state index in [0.29, 0.717) is 12.2 Å². The quantitative estimate of drug-likeness (QED) is 0.941. The van der Waals surface area contributed by atoms with E-state index in [2.05, 4.69) is 20.5 Å². The Morgan fingerprint density at radius 2 is 2.17 bits per heavy atom. The van der Waals surface area contributed by atoms with Crippen LogP contribution in [0.15, 0.2) is 36.7 Å². The maximum Gasteiger partial charge on any atom is 0.322 e. The fourth-order valence-electron chi connectivity index (χ4n) is 2.70. The number of carbonyl (C=O) groups excluding carboxylic acids is 1. The van der Waals surface area contributed by atoms with Crippen molar-refractivity contribution < 1.29 is 4.79 Å². The summed E-state index contributed by atoms with van der Waals surface area (Å²) in [5.74, 6) is 0.804. The van der Waals surface area contributed by atoms with Crippen LogP contribution >= 0.6 is 0 Å². The minimum atomic E-state index is -0.126. The molecule has 2 amide bonds. The van der Waals surface area contributed by atoms with Gasteiger partial charge in [0.2, 0.25) is 0 Å². The van der Waals surface area contributed by atoms with Crippen LogP contribution in [0.2, 0.25) is 0 Å². The summed E-state index contributed by atoms with van der Waals surface area (Å²) in [4.78, 5) is 20.2. The zero-order valence-corrected chi connectivity index (χ0v) is 13.3. The molecule has 0 saturated carbocycles. The molecule has 1 atom stereocenters. The van der Waals surface area contributed by atoms with Crippen LogP contribution in [0, 0.1) is 0 Å². The van der Waals surface area contributed by atoms with Gasteiger partial charge in [-0.05, 0) is 37.1 Å². The van der Waals surface area contributed by atoms with Crippen molar-refractivity contribution in [3.63, 3.8) is 0 Å². The Bertz CT molecular complexity index is 658. The van der Waals surface area contributed by atoms with Crippen LogP contribution in [-0.4, -0.2) is 46.8 Å². The number of nitrogens with one attached hydrogen (secondary N) is 1. The van der Waals surface area contributed by atoms with Crippen LogP contribution in [0.25, 0.3) is 0 Å². The lowest BCUT2D eigenvalue weighted by Crippen LogP contribution is -2.34. The summed E-state index contributed by atoms with van der Waals surface area (Å²) < 4.78 is 0. The Labute approximate surface area is 135 Å². The van der Waals surface area contributed by atoms with E-state index < -0.39 is 0 Å². The maximum absolute atomic E-state index is 12.5. The maximum atomic E-state index is 12.5. The highest BCUT2D eigenvalue weighted by Gasteiger charge is 2.31. The van der Waals surface area contributed by atoms with Crippen molar-refractivity contribution in [1.29, 1.82) is 0 Å². The van der Waals surface area contributed by atoms with E-state index in [1.54, 1.807) is 18.5 Å². The second-order valence-electron chi connectivity index (χ2n) is 5.73. The van der Waals surface area contributed by atoms with Crippen LogP contribution in [0.5, 0.6) is 0 Å². The SMILES string of the molecule is CN(C)c1ccc(C2CCCN2C(=O)Nc2cccnc2)nn1. The number of anilines is 2. The lowest BCUT2D eigenvalue weighted by molar-refractivity contribution is 0.206. The molecule has 120 valence electrons. The number of urea groups is 1. The van der Waals surface area contributed by atoms with Gasteiger partial charge in [-0.1, -0.05) is 0 Å². The molecule has 3 rings (SSSR count). The molecule has 1 N–H and O–H groups in total. The highest BCUT2D eigenvalue weighted by Crippen LogP contribution is 2.31. The summed E-state index contributed by atoms with van der Waals surface area (Å²) in [6.45, 7) is 0.716. The van der Waals surface area contributed by atoms with Crippen LogP contribution in [0.1, 0.15) is 24.6 Å². The fourth-order valence-corrected chi connectivity index (χ4v) is 2.70. The summed E-state index contributed by atoms with van der Waals surface area (Å²) in [7, 11) is 3.85. The number of carbonyl (C=O) groups is 1. The summed E-state index contributed by atoms with van der Waals surface area (Å²) in [6, 6.07) is 7.33. The summed E-state index contributed by atoms with van der Waals surface area (Å²) >= 11 is 0. The molecule has 7 heteroatoms. The van der Waals surface area contributed by atoms with Gasteiger partial charge < -0.3 is 15.1 Å². The molecule has 2 aromatic heterocycles. The normalized spacial score (nSPS) is 17.1. The van der Waals surface area contributed by atoms with E-state index in [9.17, 15) is 4.79 Å². The van der Waals surface area contributed by atoms with Crippen molar-refractivity contribution in [3.05, 3.63) is 42.4 Å². The first kappa shape index (κ1) is 15.2. The molecule has 3 heterocycles. The predicted octanol–water partition coefficient (Wildman–Crippen LogP) is 2.31. The van der Waals surface area contributed by atoms with Crippen molar-refractivity contribution in [1.82, 2.24) is 20.1 Å².